The molecule has 1 saturated carbocycles. The monoisotopic (exact) mass is 376 g/mol. The van der Waals surface area contributed by atoms with Crippen LogP contribution in [0.5, 0.6) is 0 Å². The molecule has 0 unspecified atom stereocenters. The average molecular weight is 377 g/mol. The maximum absolute atomic E-state index is 12.7. The summed E-state index contributed by atoms with van der Waals surface area (Å²) in [6.07, 6.45) is 10.1. The molecule has 1 aromatic heterocycles. The van der Waals surface area contributed by atoms with Crippen molar-refractivity contribution in [2.75, 3.05) is 0 Å². The minimum absolute atomic E-state index is 0.00490. The number of nitrogens with one attached hydrogen (secondary N) is 1. The maximum atomic E-state index is 12.7. The number of aromatic nitrogens is 1. The number of aryl methyl sites for hydroxylation is 2. The number of fused-ring (bicyclic) bond motifs is 1. The molecule has 4 rings (SSSR count). The Kier molecular flexibility index (Phi) is 6.05. The van der Waals surface area contributed by atoms with Crippen molar-refractivity contribution in [3.63, 3.8) is 0 Å². The van der Waals surface area contributed by atoms with Crippen molar-refractivity contribution in [2.24, 2.45) is 0 Å². The molecule has 1 fully saturated rings. The molecule has 3 aromatic rings. The van der Waals surface area contributed by atoms with Gasteiger partial charge in [-0.1, -0.05) is 62.4 Å². The van der Waals surface area contributed by atoms with Crippen molar-refractivity contribution in [1.82, 2.24) is 10.3 Å². The molecule has 0 atom stereocenters. The lowest BCUT2D eigenvalue weighted by molar-refractivity contribution is 0.0930. The molecular formula is C24H28N2O2. The van der Waals surface area contributed by atoms with Gasteiger partial charge in [-0.25, -0.2) is 4.98 Å². The van der Waals surface area contributed by atoms with E-state index in [1.165, 1.54) is 37.7 Å². The Morgan fingerprint density at radius 3 is 2.50 bits per heavy atom. The summed E-state index contributed by atoms with van der Waals surface area (Å²) in [5.41, 5.74) is 3.42. The van der Waals surface area contributed by atoms with Crippen molar-refractivity contribution < 1.29 is 9.21 Å². The fourth-order valence-corrected chi connectivity index (χ4v) is 3.99. The number of nitrogens with zero attached hydrogens (tertiary/aromatic N) is 1. The number of rotatable bonds is 5. The van der Waals surface area contributed by atoms with Gasteiger partial charge >= 0.3 is 0 Å². The van der Waals surface area contributed by atoms with Crippen LogP contribution in [0.25, 0.3) is 11.1 Å². The Hall–Kier alpha value is -2.62. The Morgan fingerprint density at radius 2 is 1.71 bits per heavy atom. The molecule has 0 aliphatic heterocycles. The fourth-order valence-electron chi connectivity index (χ4n) is 3.99. The van der Waals surface area contributed by atoms with Gasteiger partial charge in [0.2, 0.25) is 0 Å². The summed E-state index contributed by atoms with van der Waals surface area (Å²) in [6.45, 7) is 0. The van der Waals surface area contributed by atoms with Crippen molar-refractivity contribution in [2.45, 2.75) is 63.8 Å². The molecule has 0 bridgehead atoms. The van der Waals surface area contributed by atoms with Crippen LogP contribution in [0, 0.1) is 0 Å². The molecule has 1 N–H and O–H groups in total. The highest BCUT2D eigenvalue weighted by atomic mass is 16.3. The van der Waals surface area contributed by atoms with E-state index >= 15 is 0 Å². The predicted octanol–water partition coefficient (Wildman–Crippen LogP) is 5.46. The standard InChI is InChI=1S/C24H28N2O2/c27-24(25-20-11-7-2-1-3-8-12-20)19-14-15-21-22(17-19)28-23(26-21)16-13-18-9-5-4-6-10-18/h4-6,9-10,14-15,17,20H,1-3,7-8,11-13,16H2,(H,25,27). The molecule has 1 heterocycles. The van der Waals surface area contributed by atoms with Gasteiger partial charge in [-0.2, -0.15) is 0 Å². The van der Waals surface area contributed by atoms with E-state index in [1.807, 2.05) is 36.4 Å². The van der Waals surface area contributed by atoms with Crippen LogP contribution >= 0.6 is 0 Å². The lowest BCUT2D eigenvalue weighted by Crippen LogP contribution is -2.35. The van der Waals surface area contributed by atoms with Gasteiger partial charge in [0.1, 0.15) is 5.52 Å². The SMILES string of the molecule is O=C(NC1CCCCCCC1)c1ccc2nc(CCc3ccccc3)oc2c1. The minimum Gasteiger partial charge on any atom is -0.441 e. The third-order valence-electron chi connectivity index (χ3n) is 5.61. The van der Waals surface area contributed by atoms with Gasteiger partial charge in [0, 0.05) is 18.0 Å². The van der Waals surface area contributed by atoms with E-state index in [9.17, 15) is 4.79 Å². The summed E-state index contributed by atoms with van der Waals surface area (Å²) in [5, 5.41) is 3.22. The van der Waals surface area contributed by atoms with Gasteiger partial charge in [0.15, 0.2) is 11.5 Å². The third-order valence-corrected chi connectivity index (χ3v) is 5.61. The highest BCUT2D eigenvalue weighted by molar-refractivity contribution is 5.97. The molecule has 0 saturated heterocycles. The molecule has 1 amide bonds. The summed E-state index contributed by atoms with van der Waals surface area (Å²) < 4.78 is 5.92. The van der Waals surface area contributed by atoms with Crippen molar-refractivity contribution in [1.29, 1.82) is 0 Å². The first-order chi connectivity index (χ1) is 13.8. The second-order valence-corrected chi connectivity index (χ2v) is 7.79. The zero-order valence-electron chi connectivity index (χ0n) is 16.3. The number of hydrogen-bond acceptors (Lipinski definition) is 3. The van der Waals surface area contributed by atoms with E-state index in [0.717, 1.165) is 37.1 Å². The van der Waals surface area contributed by atoms with E-state index in [2.05, 4.69) is 22.4 Å². The molecule has 1 aliphatic rings. The van der Waals surface area contributed by atoms with Gasteiger partial charge in [0.25, 0.3) is 5.91 Å². The minimum atomic E-state index is -0.00490. The Morgan fingerprint density at radius 1 is 0.964 bits per heavy atom. The van der Waals surface area contributed by atoms with Gasteiger partial charge in [-0.3, -0.25) is 4.79 Å². The van der Waals surface area contributed by atoms with E-state index in [4.69, 9.17) is 4.42 Å². The molecule has 0 radical (unpaired) electrons. The van der Waals surface area contributed by atoms with Crippen molar-refractivity contribution in [3.8, 4) is 0 Å². The highest BCUT2D eigenvalue weighted by Crippen LogP contribution is 2.20. The number of hydrogen-bond donors (Lipinski definition) is 1. The number of carbonyl (C=O) groups excluding carboxylic acids is 1. The predicted molar refractivity (Wildman–Crippen MR) is 111 cm³/mol. The molecule has 4 nitrogen and oxygen atoms in total. The van der Waals surface area contributed by atoms with Gasteiger partial charge in [-0.15, -0.1) is 0 Å². The Labute approximate surface area is 166 Å². The van der Waals surface area contributed by atoms with Crippen LogP contribution in [0.3, 0.4) is 0 Å². The lowest BCUT2D eigenvalue weighted by atomic mass is 9.96. The van der Waals surface area contributed by atoms with E-state index in [1.54, 1.807) is 0 Å². The molecule has 1 aliphatic carbocycles. The maximum Gasteiger partial charge on any atom is 0.251 e. The summed E-state index contributed by atoms with van der Waals surface area (Å²) >= 11 is 0. The number of benzene rings is 2. The summed E-state index contributed by atoms with van der Waals surface area (Å²) in [6, 6.07) is 16.2. The van der Waals surface area contributed by atoms with Crippen LogP contribution in [0.4, 0.5) is 0 Å². The average Bonchev–Trinajstić information content (AvgIpc) is 3.11. The molecule has 28 heavy (non-hydrogen) atoms. The van der Waals surface area contributed by atoms with Gasteiger partial charge in [-0.05, 0) is 43.0 Å². The first kappa shape index (κ1) is 18.7. The highest BCUT2D eigenvalue weighted by Gasteiger charge is 2.16. The second-order valence-electron chi connectivity index (χ2n) is 7.79. The largest absolute Gasteiger partial charge is 0.441 e. The Balaban J connectivity index is 1.41. The van der Waals surface area contributed by atoms with Crippen molar-refractivity contribution >= 4 is 17.0 Å². The number of oxazole rings is 1. The number of amides is 1. The molecule has 4 heteroatoms. The molecule has 0 spiro atoms. The summed E-state index contributed by atoms with van der Waals surface area (Å²) in [7, 11) is 0. The molecule has 146 valence electrons. The van der Waals surface area contributed by atoms with E-state index < -0.39 is 0 Å². The third kappa shape index (κ3) is 4.80. The number of carbonyl (C=O) groups is 1. The van der Waals surface area contributed by atoms with Gasteiger partial charge in [0.05, 0.1) is 0 Å². The van der Waals surface area contributed by atoms with E-state index in [-0.39, 0.29) is 5.91 Å². The zero-order chi connectivity index (χ0) is 19.2. The van der Waals surface area contributed by atoms with Crippen LogP contribution in [0.15, 0.2) is 52.9 Å². The van der Waals surface area contributed by atoms with E-state index in [0.29, 0.717) is 17.2 Å². The smallest absolute Gasteiger partial charge is 0.251 e. The normalized spacial score (nSPS) is 15.9. The van der Waals surface area contributed by atoms with Crippen LogP contribution < -0.4 is 5.32 Å². The van der Waals surface area contributed by atoms with Crippen LogP contribution in [-0.4, -0.2) is 16.9 Å². The van der Waals surface area contributed by atoms with Crippen molar-refractivity contribution in [3.05, 3.63) is 65.5 Å². The first-order valence-corrected chi connectivity index (χ1v) is 10.5. The molecular weight excluding hydrogens is 348 g/mol. The fraction of sp³-hybridized carbons (Fsp3) is 0.417. The second kappa shape index (κ2) is 9.05. The molecule has 2 aromatic carbocycles. The first-order valence-electron chi connectivity index (χ1n) is 10.5. The summed E-state index contributed by atoms with van der Waals surface area (Å²) in [4.78, 5) is 17.3. The van der Waals surface area contributed by atoms with Crippen LogP contribution in [0.2, 0.25) is 0 Å². The summed E-state index contributed by atoms with van der Waals surface area (Å²) in [5.74, 6) is 0.714. The van der Waals surface area contributed by atoms with Crippen LogP contribution in [-0.2, 0) is 12.8 Å². The topological polar surface area (TPSA) is 55.1 Å². The lowest BCUT2D eigenvalue weighted by Gasteiger charge is -2.21. The van der Waals surface area contributed by atoms with Gasteiger partial charge < -0.3 is 9.73 Å². The zero-order valence-corrected chi connectivity index (χ0v) is 16.3. The Bertz CT molecular complexity index is 909. The quantitative estimate of drug-likeness (QED) is 0.644. The van der Waals surface area contributed by atoms with Crippen LogP contribution in [0.1, 0.15) is 66.8 Å².